The summed E-state index contributed by atoms with van der Waals surface area (Å²) < 4.78 is 5.39. The van der Waals surface area contributed by atoms with Crippen LogP contribution < -0.4 is 5.32 Å². The van der Waals surface area contributed by atoms with Gasteiger partial charge >= 0.3 is 5.97 Å². The van der Waals surface area contributed by atoms with E-state index in [4.69, 9.17) is 9.84 Å². The van der Waals surface area contributed by atoms with Crippen LogP contribution in [0.25, 0.3) is 0 Å². The van der Waals surface area contributed by atoms with Crippen LogP contribution in [0.1, 0.15) is 19.8 Å². The van der Waals surface area contributed by atoms with Crippen LogP contribution in [-0.4, -0.2) is 61.3 Å². The van der Waals surface area contributed by atoms with Crippen LogP contribution in [-0.2, 0) is 14.3 Å². The summed E-state index contributed by atoms with van der Waals surface area (Å²) >= 11 is 0. The molecule has 1 aliphatic rings. The van der Waals surface area contributed by atoms with Crippen LogP contribution in [0.3, 0.4) is 0 Å². The molecule has 0 aliphatic carbocycles. The fourth-order valence-electron chi connectivity index (χ4n) is 2.21. The van der Waals surface area contributed by atoms with Crippen LogP contribution in [0.4, 0.5) is 0 Å². The summed E-state index contributed by atoms with van der Waals surface area (Å²) in [5, 5.41) is 11.4. The van der Waals surface area contributed by atoms with Crippen molar-refractivity contribution in [2.24, 2.45) is 5.92 Å². The van der Waals surface area contributed by atoms with Crippen molar-refractivity contribution in [1.82, 2.24) is 10.2 Å². The fraction of sp³-hybridized carbons (Fsp3) is 0.833. The van der Waals surface area contributed by atoms with Crippen molar-refractivity contribution in [2.75, 3.05) is 33.4 Å². The van der Waals surface area contributed by atoms with Gasteiger partial charge in [-0.25, -0.2) is 4.79 Å². The van der Waals surface area contributed by atoms with Crippen LogP contribution in [0, 0.1) is 5.92 Å². The number of nitrogens with zero attached hydrogens (tertiary/aromatic N) is 1. The molecule has 0 saturated carbocycles. The van der Waals surface area contributed by atoms with Crippen molar-refractivity contribution < 1.29 is 19.4 Å². The molecule has 18 heavy (non-hydrogen) atoms. The summed E-state index contributed by atoms with van der Waals surface area (Å²) in [5.74, 6) is -0.871. The number of ether oxygens (including phenoxy) is 1. The van der Waals surface area contributed by atoms with E-state index in [2.05, 4.69) is 5.32 Å². The predicted octanol–water partition coefficient (Wildman–Crippen LogP) is -0.0659. The molecule has 0 spiro atoms. The Balaban J connectivity index is 2.37. The number of nitrogens with one attached hydrogen (secondary N) is 1. The van der Waals surface area contributed by atoms with E-state index in [0.29, 0.717) is 12.5 Å². The Morgan fingerprint density at radius 3 is 2.78 bits per heavy atom. The second-order valence-electron chi connectivity index (χ2n) is 4.90. The van der Waals surface area contributed by atoms with Crippen LogP contribution >= 0.6 is 0 Å². The van der Waals surface area contributed by atoms with Crippen molar-refractivity contribution in [3.05, 3.63) is 0 Å². The van der Waals surface area contributed by atoms with Crippen LogP contribution in [0.2, 0.25) is 0 Å². The third-order valence-corrected chi connectivity index (χ3v) is 2.99. The van der Waals surface area contributed by atoms with E-state index in [-0.39, 0.29) is 5.91 Å². The van der Waals surface area contributed by atoms with Gasteiger partial charge in [0.2, 0.25) is 5.91 Å². The van der Waals surface area contributed by atoms with Crippen molar-refractivity contribution in [3.8, 4) is 0 Å². The first-order valence-corrected chi connectivity index (χ1v) is 6.25. The number of likely N-dealkylation sites (N-methyl/N-ethyl adjacent to an activating group) is 1. The van der Waals surface area contributed by atoms with Crippen molar-refractivity contribution in [3.63, 3.8) is 0 Å². The minimum Gasteiger partial charge on any atom is -0.480 e. The van der Waals surface area contributed by atoms with E-state index in [1.54, 1.807) is 0 Å². The highest BCUT2D eigenvalue weighted by molar-refractivity contribution is 5.82. The second-order valence-corrected chi connectivity index (χ2v) is 4.90. The molecule has 0 aromatic rings. The third-order valence-electron chi connectivity index (χ3n) is 2.99. The first-order valence-electron chi connectivity index (χ1n) is 6.25. The first kappa shape index (κ1) is 14.9. The molecule has 2 atom stereocenters. The quantitative estimate of drug-likeness (QED) is 0.697. The maximum atomic E-state index is 11.0. The van der Waals surface area contributed by atoms with E-state index >= 15 is 0 Å². The average Bonchev–Trinajstić information content (AvgIpc) is 2.28. The molecule has 2 N–H and O–H groups in total. The molecule has 1 heterocycles. The van der Waals surface area contributed by atoms with E-state index in [1.165, 1.54) is 6.92 Å². The van der Waals surface area contributed by atoms with Gasteiger partial charge in [-0.15, -0.1) is 0 Å². The minimum atomic E-state index is -1.00. The van der Waals surface area contributed by atoms with E-state index in [1.807, 2.05) is 11.9 Å². The molecule has 6 heteroatoms. The van der Waals surface area contributed by atoms with Crippen LogP contribution in [0.5, 0.6) is 0 Å². The number of hydrogen-bond donors (Lipinski definition) is 2. The van der Waals surface area contributed by atoms with Crippen molar-refractivity contribution in [1.29, 1.82) is 0 Å². The highest BCUT2D eigenvalue weighted by Gasteiger charge is 2.22. The van der Waals surface area contributed by atoms with E-state index < -0.39 is 12.0 Å². The number of carbonyl (C=O) groups is 2. The Labute approximate surface area is 107 Å². The number of carbonyl (C=O) groups excluding carboxylic acids is 1. The molecule has 1 saturated heterocycles. The van der Waals surface area contributed by atoms with E-state index in [9.17, 15) is 9.59 Å². The third kappa shape index (κ3) is 5.46. The Morgan fingerprint density at radius 2 is 2.28 bits per heavy atom. The van der Waals surface area contributed by atoms with E-state index in [0.717, 1.165) is 32.6 Å². The molecule has 1 fully saturated rings. The SMILES string of the molecule is CC(=O)NC(CN(C)CC1CCCOC1)C(=O)O. The number of rotatable bonds is 6. The number of carboxylic acids is 1. The molecule has 104 valence electrons. The van der Waals surface area contributed by atoms with Gasteiger partial charge in [0.1, 0.15) is 6.04 Å². The molecule has 0 aromatic carbocycles. The average molecular weight is 258 g/mol. The zero-order valence-corrected chi connectivity index (χ0v) is 11.0. The molecule has 6 nitrogen and oxygen atoms in total. The van der Waals surface area contributed by atoms with Crippen molar-refractivity contribution >= 4 is 11.9 Å². The molecular weight excluding hydrogens is 236 g/mol. The maximum absolute atomic E-state index is 11.0. The van der Waals surface area contributed by atoms with Crippen LogP contribution in [0.15, 0.2) is 0 Å². The lowest BCUT2D eigenvalue weighted by Gasteiger charge is -2.28. The lowest BCUT2D eigenvalue weighted by atomic mass is 10.0. The highest BCUT2D eigenvalue weighted by Crippen LogP contribution is 2.14. The van der Waals surface area contributed by atoms with Gasteiger partial charge in [0.05, 0.1) is 6.61 Å². The summed E-state index contributed by atoms with van der Waals surface area (Å²) in [7, 11) is 1.87. The molecule has 1 aliphatic heterocycles. The Morgan fingerprint density at radius 1 is 1.56 bits per heavy atom. The molecule has 1 rings (SSSR count). The summed E-state index contributed by atoms with van der Waals surface area (Å²) in [5.41, 5.74) is 0. The van der Waals surface area contributed by atoms with Gasteiger partial charge < -0.3 is 20.1 Å². The number of carboxylic acid groups (broad SMARTS) is 1. The zero-order valence-electron chi connectivity index (χ0n) is 11.0. The topological polar surface area (TPSA) is 78.9 Å². The standard InChI is InChI=1S/C12H22N2O4/c1-9(15)13-11(12(16)17)7-14(2)6-10-4-3-5-18-8-10/h10-11H,3-8H2,1-2H3,(H,13,15)(H,16,17). The smallest absolute Gasteiger partial charge is 0.327 e. The predicted molar refractivity (Wildman–Crippen MR) is 66.3 cm³/mol. The summed E-state index contributed by atoms with van der Waals surface area (Å²) in [6.07, 6.45) is 2.18. The number of hydrogen-bond acceptors (Lipinski definition) is 4. The minimum absolute atomic E-state index is 0.311. The van der Waals surface area contributed by atoms with Gasteiger partial charge in [0.25, 0.3) is 0 Å². The molecule has 0 bridgehead atoms. The fourth-order valence-corrected chi connectivity index (χ4v) is 2.21. The summed E-state index contributed by atoms with van der Waals surface area (Å²) in [6.45, 7) is 3.99. The van der Waals surface area contributed by atoms with Gasteiger partial charge in [0, 0.05) is 26.6 Å². The lowest BCUT2D eigenvalue weighted by molar-refractivity contribution is -0.142. The van der Waals surface area contributed by atoms with Gasteiger partial charge in [0.15, 0.2) is 0 Å². The normalized spacial score (nSPS) is 21.6. The Bertz CT molecular complexity index is 290. The maximum Gasteiger partial charge on any atom is 0.327 e. The van der Waals surface area contributed by atoms with Gasteiger partial charge in [-0.2, -0.15) is 0 Å². The number of aliphatic carboxylic acids is 1. The summed E-state index contributed by atoms with van der Waals surface area (Å²) in [6, 6.07) is -0.850. The van der Waals surface area contributed by atoms with Crippen molar-refractivity contribution in [2.45, 2.75) is 25.8 Å². The van der Waals surface area contributed by atoms with Gasteiger partial charge in [-0.3, -0.25) is 4.79 Å². The first-order chi connectivity index (χ1) is 8.49. The largest absolute Gasteiger partial charge is 0.480 e. The summed E-state index contributed by atoms with van der Waals surface area (Å²) in [4.78, 5) is 23.9. The second kappa shape index (κ2) is 7.33. The Kier molecular flexibility index (Phi) is 6.07. The monoisotopic (exact) mass is 258 g/mol. The zero-order chi connectivity index (χ0) is 13.5. The highest BCUT2D eigenvalue weighted by atomic mass is 16.5. The molecular formula is C12H22N2O4. The number of amides is 1. The molecule has 0 aromatic heterocycles. The Hall–Kier alpha value is -1.14. The van der Waals surface area contributed by atoms with Gasteiger partial charge in [-0.05, 0) is 25.8 Å². The lowest BCUT2D eigenvalue weighted by Crippen LogP contribution is -2.48. The molecule has 0 radical (unpaired) electrons. The molecule has 2 unspecified atom stereocenters. The van der Waals surface area contributed by atoms with Gasteiger partial charge in [-0.1, -0.05) is 0 Å². The molecule has 1 amide bonds.